The molecule has 0 radical (unpaired) electrons. The third-order valence-corrected chi connectivity index (χ3v) is 1.93. The quantitative estimate of drug-likeness (QED) is 0.741. The zero-order chi connectivity index (χ0) is 9.14. The fraction of sp³-hybridized carbons (Fsp3) is 0.750. The van der Waals surface area contributed by atoms with Crippen LogP contribution < -0.4 is 0 Å². The molecule has 2 unspecified atom stereocenters. The Kier molecular flexibility index (Phi) is 2.81. The standard InChI is InChI=1S/C8H14N2O2/c1-4-7(11)5(2)8-9-6(3)10-12-8/h5,7,11H,4H2,1-3H3. The number of aliphatic hydroxyl groups is 1. The van der Waals surface area contributed by atoms with Crippen molar-refractivity contribution >= 4 is 0 Å². The molecule has 12 heavy (non-hydrogen) atoms. The maximum atomic E-state index is 9.46. The zero-order valence-electron chi connectivity index (χ0n) is 7.61. The Balaban J connectivity index is 2.70. The molecule has 4 nitrogen and oxygen atoms in total. The van der Waals surface area contributed by atoms with Gasteiger partial charge < -0.3 is 9.63 Å². The molecular weight excluding hydrogens is 156 g/mol. The third kappa shape index (κ3) is 1.82. The molecule has 0 aliphatic heterocycles. The van der Waals surface area contributed by atoms with Gasteiger partial charge >= 0.3 is 0 Å². The van der Waals surface area contributed by atoms with Gasteiger partial charge in [-0.2, -0.15) is 4.98 Å². The summed E-state index contributed by atoms with van der Waals surface area (Å²) in [5.41, 5.74) is 0. The smallest absolute Gasteiger partial charge is 0.232 e. The number of aromatic nitrogens is 2. The number of hydrogen-bond acceptors (Lipinski definition) is 4. The van der Waals surface area contributed by atoms with E-state index >= 15 is 0 Å². The Hall–Kier alpha value is -0.900. The predicted octanol–water partition coefficient (Wildman–Crippen LogP) is 1.25. The molecule has 2 atom stereocenters. The van der Waals surface area contributed by atoms with E-state index in [1.165, 1.54) is 0 Å². The summed E-state index contributed by atoms with van der Waals surface area (Å²) in [4.78, 5) is 4.04. The Bertz CT molecular complexity index is 247. The van der Waals surface area contributed by atoms with Gasteiger partial charge in [0.25, 0.3) is 0 Å². The molecule has 0 aliphatic carbocycles. The SMILES string of the molecule is CCC(O)C(C)c1nc(C)no1. The number of nitrogens with zero attached hydrogens (tertiary/aromatic N) is 2. The van der Waals surface area contributed by atoms with Crippen LogP contribution in [0.2, 0.25) is 0 Å². The lowest BCUT2D eigenvalue weighted by Gasteiger charge is -2.11. The van der Waals surface area contributed by atoms with E-state index in [0.29, 0.717) is 18.1 Å². The molecule has 4 heteroatoms. The van der Waals surface area contributed by atoms with Gasteiger partial charge in [-0.1, -0.05) is 19.0 Å². The normalized spacial score (nSPS) is 16.0. The first-order valence-corrected chi connectivity index (χ1v) is 4.13. The zero-order valence-corrected chi connectivity index (χ0v) is 7.61. The molecular formula is C8H14N2O2. The average Bonchev–Trinajstić information content (AvgIpc) is 2.49. The van der Waals surface area contributed by atoms with Crippen molar-refractivity contribution in [1.82, 2.24) is 10.1 Å². The monoisotopic (exact) mass is 170 g/mol. The van der Waals surface area contributed by atoms with Crippen molar-refractivity contribution < 1.29 is 9.63 Å². The minimum absolute atomic E-state index is 0.0730. The van der Waals surface area contributed by atoms with Gasteiger partial charge in [0.1, 0.15) is 0 Å². The van der Waals surface area contributed by atoms with Gasteiger partial charge in [0.15, 0.2) is 5.82 Å². The Morgan fingerprint density at radius 1 is 1.58 bits per heavy atom. The molecule has 1 N–H and O–H groups in total. The second kappa shape index (κ2) is 3.67. The van der Waals surface area contributed by atoms with Crippen LogP contribution in [-0.2, 0) is 0 Å². The molecule has 68 valence electrons. The van der Waals surface area contributed by atoms with Crippen LogP contribution in [0.1, 0.15) is 37.9 Å². The van der Waals surface area contributed by atoms with Gasteiger partial charge in [-0.15, -0.1) is 0 Å². The van der Waals surface area contributed by atoms with Gasteiger partial charge in [-0.05, 0) is 13.3 Å². The summed E-state index contributed by atoms with van der Waals surface area (Å²) in [5, 5.41) is 13.1. The van der Waals surface area contributed by atoms with E-state index in [2.05, 4.69) is 10.1 Å². The van der Waals surface area contributed by atoms with Crippen molar-refractivity contribution in [2.45, 2.75) is 39.2 Å². The first-order valence-electron chi connectivity index (χ1n) is 4.13. The van der Waals surface area contributed by atoms with Crippen molar-refractivity contribution in [3.8, 4) is 0 Å². The van der Waals surface area contributed by atoms with E-state index in [1.807, 2.05) is 13.8 Å². The fourth-order valence-corrected chi connectivity index (χ4v) is 1.02. The predicted molar refractivity (Wildman–Crippen MR) is 43.7 cm³/mol. The largest absolute Gasteiger partial charge is 0.392 e. The number of aliphatic hydroxyl groups excluding tert-OH is 1. The maximum absolute atomic E-state index is 9.46. The Morgan fingerprint density at radius 2 is 2.25 bits per heavy atom. The summed E-state index contributed by atoms with van der Waals surface area (Å²) in [6.45, 7) is 5.56. The summed E-state index contributed by atoms with van der Waals surface area (Å²) in [5.74, 6) is 1.05. The molecule has 0 aliphatic rings. The summed E-state index contributed by atoms with van der Waals surface area (Å²) in [6.07, 6.45) is 0.299. The van der Waals surface area contributed by atoms with Crippen molar-refractivity contribution in [2.75, 3.05) is 0 Å². The lowest BCUT2D eigenvalue weighted by Crippen LogP contribution is -2.14. The molecule has 1 rings (SSSR count). The van der Waals surface area contributed by atoms with Crippen LogP contribution in [0.15, 0.2) is 4.52 Å². The first-order chi connectivity index (χ1) is 5.65. The molecule has 0 amide bonds. The van der Waals surface area contributed by atoms with Crippen molar-refractivity contribution in [3.05, 3.63) is 11.7 Å². The van der Waals surface area contributed by atoms with E-state index < -0.39 is 6.10 Å². The minimum atomic E-state index is -0.398. The van der Waals surface area contributed by atoms with E-state index in [1.54, 1.807) is 6.92 Å². The number of hydrogen-bond donors (Lipinski definition) is 1. The van der Waals surface area contributed by atoms with Crippen LogP contribution in [0, 0.1) is 6.92 Å². The molecule has 1 aromatic rings. The molecule has 1 aromatic heterocycles. The molecule has 0 aromatic carbocycles. The third-order valence-electron chi connectivity index (χ3n) is 1.93. The Morgan fingerprint density at radius 3 is 2.67 bits per heavy atom. The highest BCUT2D eigenvalue weighted by atomic mass is 16.5. The molecule has 0 fully saturated rings. The fourth-order valence-electron chi connectivity index (χ4n) is 1.02. The minimum Gasteiger partial charge on any atom is -0.392 e. The highest BCUT2D eigenvalue weighted by Crippen LogP contribution is 2.18. The summed E-state index contributed by atoms with van der Waals surface area (Å²) < 4.78 is 4.93. The lowest BCUT2D eigenvalue weighted by atomic mass is 10.0. The van der Waals surface area contributed by atoms with Crippen molar-refractivity contribution in [2.24, 2.45) is 0 Å². The molecule has 0 saturated carbocycles. The second-order valence-corrected chi connectivity index (χ2v) is 2.94. The van der Waals surface area contributed by atoms with Gasteiger partial charge in [-0.3, -0.25) is 0 Å². The van der Waals surface area contributed by atoms with Gasteiger partial charge in [0.2, 0.25) is 5.89 Å². The van der Waals surface area contributed by atoms with Crippen LogP contribution in [0.5, 0.6) is 0 Å². The molecule has 0 saturated heterocycles. The summed E-state index contributed by atoms with van der Waals surface area (Å²) in [6, 6.07) is 0. The summed E-state index contributed by atoms with van der Waals surface area (Å²) >= 11 is 0. The Labute approximate surface area is 71.6 Å². The van der Waals surface area contributed by atoms with E-state index in [-0.39, 0.29) is 5.92 Å². The van der Waals surface area contributed by atoms with Gasteiger partial charge in [0, 0.05) is 0 Å². The highest BCUT2D eigenvalue weighted by molar-refractivity contribution is 4.93. The average molecular weight is 170 g/mol. The summed E-state index contributed by atoms with van der Waals surface area (Å²) in [7, 11) is 0. The van der Waals surface area contributed by atoms with Crippen LogP contribution in [0.4, 0.5) is 0 Å². The van der Waals surface area contributed by atoms with E-state index in [4.69, 9.17) is 4.52 Å². The molecule has 0 bridgehead atoms. The maximum Gasteiger partial charge on any atom is 0.232 e. The van der Waals surface area contributed by atoms with Crippen LogP contribution >= 0.6 is 0 Å². The van der Waals surface area contributed by atoms with E-state index in [9.17, 15) is 5.11 Å². The lowest BCUT2D eigenvalue weighted by molar-refractivity contribution is 0.129. The molecule has 1 heterocycles. The topological polar surface area (TPSA) is 59.2 Å². The first kappa shape index (κ1) is 9.19. The van der Waals surface area contributed by atoms with Crippen molar-refractivity contribution in [1.29, 1.82) is 0 Å². The van der Waals surface area contributed by atoms with Crippen molar-refractivity contribution in [3.63, 3.8) is 0 Å². The van der Waals surface area contributed by atoms with Crippen LogP contribution in [0.3, 0.4) is 0 Å². The number of aryl methyl sites for hydroxylation is 1. The molecule has 0 spiro atoms. The van der Waals surface area contributed by atoms with Crippen LogP contribution in [0.25, 0.3) is 0 Å². The van der Waals surface area contributed by atoms with Gasteiger partial charge in [-0.25, -0.2) is 0 Å². The van der Waals surface area contributed by atoms with Crippen LogP contribution in [-0.4, -0.2) is 21.4 Å². The highest BCUT2D eigenvalue weighted by Gasteiger charge is 2.19. The van der Waals surface area contributed by atoms with E-state index in [0.717, 1.165) is 0 Å². The number of rotatable bonds is 3. The van der Waals surface area contributed by atoms with Gasteiger partial charge in [0.05, 0.1) is 12.0 Å². The second-order valence-electron chi connectivity index (χ2n) is 2.94.